The van der Waals surface area contributed by atoms with Crippen LogP contribution in [0.2, 0.25) is 5.02 Å². The molecular formula is C21H20ClF3N2O3. The molecule has 1 aliphatic rings. The van der Waals surface area contributed by atoms with Crippen LogP contribution in [0, 0.1) is 5.92 Å². The lowest BCUT2D eigenvalue weighted by molar-refractivity contribution is -0.287. The lowest BCUT2D eigenvalue weighted by Crippen LogP contribution is -2.72. The first-order valence-corrected chi connectivity index (χ1v) is 9.59. The Kier molecular flexibility index (Phi) is 5.84. The second-order valence-electron chi connectivity index (χ2n) is 7.51. The summed E-state index contributed by atoms with van der Waals surface area (Å²) in [6, 6.07) is 9.16. The minimum atomic E-state index is -5.30. The Labute approximate surface area is 176 Å². The van der Waals surface area contributed by atoms with Gasteiger partial charge in [-0.05, 0) is 41.3 Å². The van der Waals surface area contributed by atoms with Crippen molar-refractivity contribution < 1.29 is 27.9 Å². The standard InChI is InChI=1S/C21H20ClF3N2O3/c1-11(2)12-3-5-13(6-4-12)17-16(18(28)14-7-9-15(22)10-8-14)20(30,21(23,24)25)27-19(29)26-17/h3-11,16-17,30H,1-2H3,(H2,26,27,29)/t16-,17+,20+/m0/s1. The van der Waals surface area contributed by atoms with Gasteiger partial charge in [0.1, 0.15) is 5.92 Å². The van der Waals surface area contributed by atoms with Gasteiger partial charge in [0.25, 0.3) is 0 Å². The number of halogens is 4. The van der Waals surface area contributed by atoms with Gasteiger partial charge in [0.05, 0.1) is 6.04 Å². The highest BCUT2D eigenvalue weighted by Gasteiger charge is 2.66. The maximum absolute atomic E-state index is 13.9. The van der Waals surface area contributed by atoms with Gasteiger partial charge in [0.15, 0.2) is 5.78 Å². The third-order valence-corrected chi connectivity index (χ3v) is 5.43. The summed E-state index contributed by atoms with van der Waals surface area (Å²) in [6.07, 6.45) is -5.30. The number of aliphatic hydroxyl groups is 1. The molecule has 2 aromatic rings. The summed E-state index contributed by atoms with van der Waals surface area (Å²) in [6.45, 7) is 3.91. The molecule has 2 amide bonds. The third kappa shape index (κ3) is 4.02. The number of amides is 2. The van der Waals surface area contributed by atoms with Crippen LogP contribution in [0.5, 0.6) is 0 Å². The Hall–Kier alpha value is -2.58. The van der Waals surface area contributed by atoms with Gasteiger partial charge in [0.2, 0.25) is 5.72 Å². The molecular weight excluding hydrogens is 421 g/mol. The Morgan fingerprint density at radius 3 is 2.17 bits per heavy atom. The van der Waals surface area contributed by atoms with Gasteiger partial charge in [-0.1, -0.05) is 49.7 Å². The molecule has 0 spiro atoms. The summed E-state index contributed by atoms with van der Waals surface area (Å²) in [5.74, 6) is -2.88. The molecule has 0 saturated carbocycles. The van der Waals surface area contributed by atoms with E-state index in [4.69, 9.17) is 11.6 Å². The first kappa shape index (κ1) is 22.1. The van der Waals surface area contributed by atoms with Gasteiger partial charge in [-0.15, -0.1) is 0 Å². The van der Waals surface area contributed by atoms with E-state index in [1.54, 1.807) is 24.3 Å². The van der Waals surface area contributed by atoms with Crippen LogP contribution in [0.1, 0.15) is 47.3 Å². The molecule has 1 saturated heterocycles. The monoisotopic (exact) mass is 440 g/mol. The minimum Gasteiger partial charge on any atom is -0.363 e. The van der Waals surface area contributed by atoms with Gasteiger partial charge in [-0.3, -0.25) is 4.79 Å². The van der Waals surface area contributed by atoms with Crippen molar-refractivity contribution in [3.8, 4) is 0 Å². The van der Waals surface area contributed by atoms with Gasteiger partial charge in [-0.25, -0.2) is 4.79 Å². The van der Waals surface area contributed by atoms with Crippen LogP contribution in [0.25, 0.3) is 0 Å². The highest BCUT2D eigenvalue weighted by Crippen LogP contribution is 2.44. The average molecular weight is 441 g/mol. The van der Waals surface area contributed by atoms with E-state index in [1.165, 1.54) is 29.6 Å². The summed E-state index contributed by atoms with van der Waals surface area (Å²) in [5, 5.41) is 14.7. The molecule has 5 nitrogen and oxygen atoms in total. The molecule has 0 radical (unpaired) electrons. The number of urea groups is 1. The van der Waals surface area contributed by atoms with E-state index in [0.717, 1.165) is 5.56 Å². The van der Waals surface area contributed by atoms with Crippen LogP contribution in [0.3, 0.4) is 0 Å². The SMILES string of the molecule is CC(C)c1ccc([C@H]2NC(=O)N[C@](O)(C(F)(F)F)[C@@H]2C(=O)c2ccc(Cl)cc2)cc1. The van der Waals surface area contributed by atoms with E-state index in [0.29, 0.717) is 5.02 Å². The van der Waals surface area contributed by atoms with Crippen molar-refractivity contribution in [1.29, 1.82) is 0 Å². The largest absolute Gasteiger partial charge is 0.437 e. The number of nitrogens with one attached hydrogen (secondary N) is 2. The van der Waals surface area contributed by atoms with Gasteiger partial charge in [-0.2, -0.15) is 13.2 Å². The zero-order valence-electron chi connectivity index (χ0n) is 16.1. The number of rotatable bonds is 4. The first-order chi connectivity index (χ1) is 13.9. The maximum atomic E-state index is 13.9. The van der Waals surface area contributed by atoms with Crippen molar-refractivity contribution in [3.05, 3.63) is 70.2 Å². The van der Waals surface area contributed by atoms with Crippen LogP contribution in [-0.2, 0) is 0 Å². The van der Waals surface area contributed by atoms with Crippen molar-refractivity contribution in [2.45, 2.75) is 37.7 Å². The second-order valence-corrected chi connectivity index (χ2v) is 7.95. The smallest absolute Gasteiger partial charge is 0.363 e. The average Bonchev–Trinajstić information content (AvgIpc) is 2.66. The molecule has 1 fully saturated rings. The fourth-order valence-electron chi connectivity index (χ4n) is 3.50. The molecule has 9 heteroatoms. The number of carbonyl (C=O) groups is 2. The fraction of sp³-hybridized carbons (Fsp3) is 0.333. The predicted octanol–water partition coefficient (Wildman–Crippen LogP) is 4.57. The van der Waals surface area contributed by atoms with Crippen molar-refractivity contribution in [3.63, 3.8) is 0 Å². The molecule has 0 aromatic heterocycles. The topological polar surface area (TPSA) is 78.4 Å². The van der Waals surface area contributed by atoms with Crippen LogP contribution in [0.4, 0.5) is 18.0 Å². The molecule has 0 unspecified atom stereocenters. The van der Waals surface area contributed by atoms with E-state index in [2.05, 4.69) is 5.32 Å². The Morgan fingerprint density at radius 1 is 1.10 bits per heavy atom. The molecule has 160 valence electrons. The molecule has 1 heterocycles. The molecule has 3 N–H and O–H groups in total. The lowest BCUT2D eigenvalue weighted by atomic mass is 9.77. The van der Waals surface area contributed by atoms with Gasteiger partial charge < -0.3 is 15.7 Å². The van der Waals surface area contributed by atoms with Crippen molar-refractivity contribution in [2.75, 3.05) is 0 Å². The van der Waals surface area contributed by atoms with Crippen LogP contribution < -0.4 is 10.6 Å². The number of hydrogen-bond donors (Lipinski definition) is 3. The molecule has 0 aliphatic carbocycles. The molecule has 30 heavy (non-hydrogen) atoms. The van der Waals surface area contributed by atoms with Crippen molar-refractivity contribution in [1.82, 2.24) is 10.6 Å². The Bertz CT molecular complexity index is 945. The lowest BCUT2D eigenvalue weighted by Gasteiger charge is -2.45. The van der Waals surface area contributed by atoms with E-state index < -0.39 is 35.7 Å². The summed E-state index contributed by atoms with van der Waals surface area (Å²) in [4.78, 5) is 25.2. The Morgan fingerprint density at radius 2 is 1.67 bits per heavy atom. The normalized spacial score (nSPS) is 24.3. The summed E-state index contributed by atoms with van der Waals surface area (Å²) >= 11 is 5.80. The van der Waals surface area contributed by atoms with E-state index in [-0.39, 0.29) is 17.0 Å². The third-order valence-electron chi connectivity index (χ3n) is 5.18. The number of alkyl halides is 3. The molecule has 2 aromatic carbocycles. The van der Waals surface area contributed by atoms with E-state index >= 15 is 0 Å². The van der Waals surface area contributed by atoms with E-state index in [1.807, 2.05) is 13.8 Å². The number of carbonyl (C=O) groups excluding carboxylic acids is 2. The van der Waals surface area contributed by atoms with Gasteiger partial charge in [0, 0.05) is 10.6 Å². The molecule has 3 atom stereocenters. The molecule has 0 bridgehead atoms. The number of hydrogen-bond acceptors (Lipinski definition) is 3. The number of Topliss-reactive ketones (excluding diaryl/α,β-unsaturated/α-hetero) is 1. The number of benzene rings is 2. The summed E-state index contributed by atoms with van der Waals surface area (Å²) in [5.41, 5.74) is -2.63. The zero-order valence-corrected chi connectivity index (χ0v) is 16.9. The first-order valence-electron chi connectivity index (χ1n) is 9.21. The maximum Gasteiger partial charge on any atom is 0.437 e. The summed E-state index contributed by atoms with van der Waals surface area (Å²) < 4.78 is 41.6. The molecule has 3 rings (SSSR count). The highest BCUT2D eigenvalue weighted by molar-refractivity contribution is 6.30. The Balaban J connectivity index is 2.13. The van der Waals surface area contributed by atoms with Gasteiger partial charge >= 0.3 is 12.2 Å². The van der Waals surface area contributed by atoms with Crippen molar-refractivity contribution >= 4 is 23.4 Å². The summed E-state index contributed by atoms with van der Waals surface area (Å²) in [7, 11) is 0. The predicted molar refractivity (Wildman–Crippen MR) is 105 cm³/mol. The molecule has 1 aliphatic heterocycles. The van der Waals surface area contributed by atoms with Crippen LogP contribution >= 0.6 is 11.6 Å². The second kappa shape index (κ2) is 7.92. The van der Waals surface area contributed by atoms with Crippen LogP contribution in [0.15, 0.2) is 48.5 Å². The quantitative estimate of drug-likeness (QED) is 0.609. The van der Waals surface area contributed by atoms with E-state index in [9.17, 15) is 27.9 Å². The highest BCUT2D eigenvalue weighted by atomic mass is 35.5. The van der Waals surface area contributed by atoms with Crippen LogP contribution in [-0.4, -0.2) is 28.8 Å². The van der Waals surface area contributed by atoms with Crippen molar-refractivity contribution in [2.24, 2.45) is 5.92 Å². The fourth-order valence-corrected chi connectivity index (χ4v) is 3.62. The number of ketones is 1. The minimum absolute atomic E-state index is 0.0752. The zero-order chi connectivity index (χ0) is 22.3.